The molecule has 0 aromatic rings. The van der Waals surface area contributed by atoms with Gasteiger partial charge in [-0.1, -0.05) is 0 Å². The maximum Gasteiger partial charge on any atom is 0.306 e. The van der Waals surface area contributed by atoms with E-state index in [9.17, 15) is 9.59 Å². The molecule has 5 nitrogen and oxygen atoms in total. The number of aliphatic carboxylic acids is 1. The van der Waals surface area contributed by atoms with Crippen LogP contribution in [0.4, 0.5) is 0 Å². The van der Waals surface area contributed by atoms with Crippen LogP contribution >= 0.6 is 0 Å². The fraction of sp³-hybridized carbons (Fsp3) is 0.867. The fourth-order valence-electron chi connectivity index (χ4n) is 3.17. The molecule has 0 radical (unpaired) electrons. The van der Waals surface area contributed by atoms with Crippen molar-refractivity contribution in [2.75, 3.05) is 0 Å². The summed E-state index contributed by atoms with van der Waals surface area (Å²) in [6.45, 7) is 2.07. The molecule has 2 rings (SSSR count). The van der Waals surface area contributed by atoms with E-state index >= 15 is 0 Å². The summed E-state index contributed by atoms with van der Waals surface area (Å²) in [4.78, 5) is 22.7. The van der Waals surface area contributed by atoms with Crippen LogP contribution in [0.25, 0.3) is 0 Å². The summed E-state index contributed by atoms with van der Waals surface area (Å²) in [5, 5.41) is 12.0. The lowest BCUT2D eigenvalue weighted by molar-refractivity contribution is -0.142. The van der Waals surface area contributed by atoms with Crippen LogP contribution < -0.4 is 5.32 Å². The average molecular weight is 283 g/mol. The van der Waals surface area contributed by atoms with Crippen LogP contribution in [-0.4, -0.2) is 35.2 Å². The van der Waals surface area contributed by atoms with Gasteiger partial charge in [0.1, 0.15) is 0 Å². The summed E-state index contributed by atoms with van der Waals surface area (Å²) in [7, 11) is 0. The molecule has 1 heterocycles. The van der Waals surface area contributed by atoms with E-state index in [0.717, 1.165) is 32.1 Å². The SMILES string of the molecule is CC1CCC(CCC(=O)NC2CCC(C(=O)O)CC2)O1. The van der Waals surface area contributed by atoms with Crippen LogP contribution in [0.2, 0.25) is 0 Å². The Morgan fingerprint density at radius 2 is 1.85 bits per heavy atom. The van der Waals surface area contributed by atoms with Crippen molar-refractivity contribution < 1.29 is 19.4 Å². The minimum absolute atomic E-state index is 0.0759. The van der Waals surface area contributed by atoms with Crippen molar-refractivity contribution in [1.29, 1.82) is 0 Å². The molecule has 2 fully saturated rings. The Bertz CT molecular complexity index is 350. The third-order valence-electron chi connectivity index (χ3n) is 4.45. The third-order valence-corrected chi connectivity index (χ3v) is 4.45. The molecule has 2 unspecified atom stereocenters. The van der Waals surface area contributed by atoms with Crippen LogP contribution in [0, 0.1) is 5.92 Å². The summed E-state index contributed by atoms with van der Waals surface area (Å²) in [6.07, 6.45) is 6.90. The first-order chi connectivity index (χ1) is 9.54. The van der Waals surface area contributed by atoms with Crippen molar-refractivity contribution in [1.82, 2.24) is 5.32 Å². The summed E-state index contributed by atoms with van der Waals surface area (Å²) < 4.78 is 5.70. The van der Waals surface area contributed by atoms with Gasteiger partial charge in [0.2, 0.25) is 5.91 Å². The van der Waals surface area contributed by atoms with E-state index in [2.05, 4.69) is 12.2 Å². The second kappa shape index (κ2) is 7.07. The van der Waals surface area contributed by atoms with Gasteiger partial charge in [0, 0.05) is 12.5 Å². The highest BCUT2D eigenvalue weighted by atomic mass is 16.5. The first-order valence-electron chi connectivity index (χ1n) is 7.72. The number of carboxylic acid groups (broad SMARTS) is 1. The van der Waals surface area contributed by atoms with Gasteiger partial charge in [0.15, 0.2) is 0 Å². The number of amides is 1. The smallest absolute Gasteiger partial charge is 0.306 e. The molecule has 1 saturated carbocycles. The van der Waals surface area contributed by atoms with Crippen molar-refractivity contribution in [3.05, 3.63) is 0 Å². The van der Waals surface area contributed by atoms with E-state index in [1.165, 1.54) is 0 Å². The maximum atomic E-state index is 11.9. The Morgan fingerprint density at radius 3 is 2.40 bits per heavy atom. The average Bonchev–Trinajstić information content (AvgIpc) is 2.83. The molecule has 1 amide bonds. The largest absolute Gasteiger partial charge is 0.481 e. The molecule has 0 bridgehead atoms. The molecule has 0 aromatic carbocycles. The van der Waals surface area contributed by atoms with Crippen molar-refractivity contribution in [2.45, 2.75) is 76.5 Å². The van der Waals surface area contributed by atoms with Gasteiger partial charge < -0.3 is 15.2 Å². The first-order valence-corrected chi connectivity index (χ1v) is 7.72. The fourth-order valence-corrected chi connectivity index (χ4v) is 3.17. The van der Waals surface area contributed by atoms with Gasteiger partial charge >= 0.3 is 5.97 Å². The minimum Gasteiger partial charge on any atom is -0.481 e. The van der Waals surface area contributed by atoms with Crippen LogP contribution in [-0.2, 0) is 14.3 Å². The lowest BCUT2D eigenvalue weighted by Gasteiger charge is -2.27. The van der Waals surface area contributed by atoms with Gasteiger partial charge in [0.25, 0.3) is 0 Å². The zero-order chi connectivity index (χ0) is 14.5. The summed E-state index contributed by atoms with van der Waals surface area (Å²) in [6, 6.07) is 0.154. The highest BCUT2D eigenvalue weighted by Gasteiger charge is 2.27. The van der Waals surface area contributed by atoms with Gasteiger partial charge in [-0.05, 0) is 51.9 Å². The number of hydrogen-bond donors (Lipinski definition) is 2. The number of carbonyl (C=O) groups excluding carboxylic acids is 1. The van der Waals surface area contributed by atoms with Gasteiger partial charge in [-0.2, -0.15) is 0 Å². The van der Waals surface area contributed by atoms with E-state index in [-0.39, 0.29) is 24.0 Å². The van der Waals surface area contributed by atoms with Crippen LogP contribution in [0.1, 0.15) is 58.3 Å². The van der Waals surface area contributed by atoms with E-state index < -0.39 is 5.97 Å². The lowest BCUT2D eigenvalue weighted by Crippen LogP contribution is -2.38. The molecular weight excluding hydrogens is 258 g/mol. The maximum absolute atomic E-state index is 11.9. The minimum atomic E-state index is -0.706. The van der Waals surface area contributed by atoms with E-state index in [0.29, 0.717) is 25.4 Å². The third kappa shape index (κ3) is 4.47. The molecule has 2 atom stereocenters. The molecule has 2 N–H and O–H groups in total. The number of hydrogen-bond acceptors (Lipinski definition) is 3. The quantitative estimate of drug-likeness (QED) is 0.810. The van der Waals surface area contributed by atoms with E-state index in [1.54, 1.807) is 0 Å². The highest BCUT2D eigenvalue weighted by Crippen LogP contribution is 2.25. The second-order valence-electron chi connectivity index (χ2n) is 6.14. The standard InChI is InChI=1S/C15H25NO4/c1-10-2-7-13(20-10)8-9-14(17)16-12-5-3-11(4-6-12)15(18)19/h10-13H,2-9H2,1H3,(H,16,17)(H,18,19). The predicted octanol–water partition coefficient (Wildman–Crippen LogP) is 2.09. The van der Waals surface area contributed by atoms with Crippen molar-refractivity contribution in [3.8, 4) is 0 Å². The van der Waals surface area contributed by atoms with Gasteiger partial charge in [-0.3, -0.25) is 9.59 Å². The van der Waals surface area contributed by atoms with Gasteiger partial charge in [0.05, 0.1) is 18.1 Å². The monoisotopic (exact) mass is 283 g/mol. The number of carbonyl (C=O) groups is 2. The number of ether oxygens (including phenoxy) is 1. The molecule has 1 saturated heterocycles. The van der Waals surface area contributed by atoms with Gasteiger partial charge in [-0.25, -0.2) is 0 Å². The molecule has 20 heavy (non-hydrogen) atoms. The molecule has 0 spiro atoms. The van der Waals surface area contributed by atoms with Crippen molar-refractivity contribution in [2.24, 2.45) is 5.92 Å². The van der Waals surface area contributed by atoms with Crippen molar-refractivity contribution in [3.63, 3.8) is 0 Å². The molecule has 114 valence electrons. The highest BCUT2D eigenvalue weighted by molar-refractivity contribution is 5.76. The summed E-state index contributed by atoms with van der Waals surface area (Å²) in [5.41, 5.74) is 0. The van der Waals surface area contributed by atoms with Crippen LogP contribution in [0.5, 0.6) is 0 Å². The Balaban J connectivity index is 1.62. The van der Waals surface area contributed by atoms with Crippen LogP contribution in [0.3, 0.4) is 0 Å². The summed E-state index contributed by atoms with van der Waals surface area (Å²) in [5.74, 6) is -0.856. The van der Waals surface area contributed by atoms with E-state index in [4.69, 9.17) is 9.84 Å². The topological polar surface area (TPSA) is 75.6 Å². The summed E-state index contributed by atoms with van der Waals surface area (Å²) >= 11 is 0. The van der Waals surface area contributed by atoms with Crippen LogP contribution in [0.15, 0.2) is 0 Å². The van der Waals surface area contributed by atoms with Gasteiger partial charge in [-0.15, -0.1) is 0 Å². The Kier molecular flexibility index (Phi) is 5.40. The Labute approximate surface area is 120 Å². The second-order valence-corrected chi connectivity index (χ2v) is 6.14. The molecule has 2 aliphatic rings. The Morgan fingerprint density at radius 1 is 1.15 bits per heavy atom. The Hall–Kier alpha value is -1.10. The number of rotatable bonds is 5. The molecule has 1 aliphatic carbocycles. The molecule has 1 aliphatic heterocycles. The zero-order valence-corrected chi connectivity index (χ0v) is 12.1. The lowest BCUT2D eigenvalue weighted by atomic mass is 9.86. The number of nitrogens with one attached hydrogen (secondary N) is 1. The molecular formula is C15H25NO4. The predicted molar refractivity (Wildman–Crippen MR) is 74.3 cm³/mol. The zero-order valence-electron chi connectivity index (χ0n) is 12.1. The normalized spacial score (nSPS) is 33.9. The van der Waals surface area contributed by atoms with E-state index in [1.807, 2.05) is 0 Å². The molecule has 0 aromatic heterocycles. The molecule has 5 heteroatoms. The first kappa shape index (κ1) is 15.3. The van der Waals surface area contributed by atoms with Crippen molar-refractivity contribution >= 4 is 11.9 Å². The number of carboxylic acids is 1.